The molecule has 0 aromatic heterocycles. The summed E-state index contributed by atoms with van der Waals surface area (Å²) in [6.07, 6.45) is 1.31. The molecule has 1 N–H and O–H groups in total. The molecule has 2 amide bonds. The molecule has 1 saturated heterocycles. The smallest absolute Gasteiger partial charge is 0.269 e. The van der Waals surface area contributed by atoms with Crippen LogP contribution < -0.4 is 14.5 Å². The van der Waals surface area contributed by atoms with Crippen molar-refractivity contribution in [3.63, 3.8) is 0 Å². The van der Waals surface area contributed by atoms with Gasteiger partial charge in [0.05, 0.1) is 15.5 Å². The predicted molar refractivity (Wildman–Crippen MR) is 134 cm³/mol. The minimum absolute atomic E-state index is 0.0147. The summed E-state index contributed by atoms with van der Waals surface area (Å²) in [6.45, 7) is 0.254. The van der Waals surface area contributed by atoms with Gasteiger partial charge in [0, 0.05) is 37.3 Å². The first-order valence-corrected chi connectivity index (χ1v) is 12.7. The monoisotopic (exact) mass is 508 g/mol. The topological polar surface area (TPSA) is 130 Å². The highest BCUT2D eigenvalue weighted by Gasteiger charge is 2.27. The van der Waals surface area contributed by atoms with Gasteiger partial charge in [-0.3, -0.25) is 24.0 Å². The van der Waals surface area contributed by atoms with Crippen molar-refractivity contribution >= 4 is 38.9 Å². The van der Waals surface area contributed by atoms with E-state index >= 15 is 0 Å². The number of nitrogens with zero attached hydrogens (tertiary/aromatic N) is 3. The number of non-ortho nitro benzene ring substituents is 1. The van der Waals surface area contributed by atoms with Crippen molar-refractivity contribution in [2.24, 2.45) is 0 Å². The zero-order valence-electron chi connectivity index (χ0n) is 19.2. The van der Waals surface area contributed by atoms with E-state index in [9.17, 15) is 28.1 Å². The normalized spacial score (nSPS) is 13.4. The van der Waals surface area contributed by atoms with E-state index in [1.165, 1.54) is 36.4 Å². The van der Waals surface area contributed by atoms with Crippen LogP contribution in [0.2, 0.25) is 0 Å². The van der Waals surface area contributed by atoms with Crippen molar-refractivity contribution in [2.45, 2.75) is 24.3 Å². The lowest BCUT2D eigenvalue weighted by atomic mass is 10.2. The third-order valence-electron chi connectivity index (χ3n) is 5.75. The molecule has 186 valence electrons. The van der Waals surface area contributed by atoms with Gasteiger partial charge in [-0.25, -0.2) is 8.42 Å². The van der Waals surface area contributed by atoms with E-state index in [1.54, 1.807) is 35.2 Å². The van der Waals surface area contributed by atoms with Crippen molar-refractivity contribution in [1.29, 1.82) is 0 Å². The third kappa shape index (κ3) is 5.52. The zero-order chi connectivity index (χ0) is 25.7. The predicted octanol–water partition coefficient (Wildman–Crippen LogP) is 3.23. The Labute approximate surface area is 208 Å². The fourth-order valence-electron chi connectivity index (χ4n) is 3.92. The summed E-state index contributed by atoms with van der Waals surface area (Å²) in [5.74, 6) is -0.503. The van der Waals surface area contributed by atoms with Gasteiger partial charge in [-0.15, -0.1) is 0 Å². The van der Waals surface area contributed by atoms with Crippen LogP contribution in [-0.2, 0) is 26.2 Å². The minimum Gasteiger partial charge on any atom is -0.350 e. The molecule has 0 aliphatic carbocycles. The standard InChI is InChI=1S/C25H24N4O6S/c30-24(26-17-19-6-4-7-22(16-19)27-15-5-10-25(27)31)18-28(20-11-13-21(14-12-20)29(32)33)36(34,35)23-8-2-1-3-9-23/h1-4,6-9,11-14,16H,5,10,15,17-18H2,(H,26,30). The van der Waals surface area contributed by atoms with E-state index in [-0.39, 0.29) is 28.7 Å². The molecule has 0 atom stereocenters. The van der Waals surface area contributed by atoms with Crippen LogP contribution in [0.5, 0.6) is 0 Å². The lowest BCUT2D eigenvalue weighted by molar-refractivity contribution is -0.384. The van der Waals surface area contributed by atoms with Crippen LogP contribution in [0.1, 0.15) is 18.4 Å². The van der Waals surface area contributed by atoms with Gasteiger partial charge >= 0.3 is 0 Å². The number of carbonyl (C=O) groups excluding carboxylic acids is 2. The third-order valence-corrected chi connectivity index (χ3v) is 7.54. The maximum atomic E-state index is 13.4. The fourth-order valence-corrected chi connectivity index (χ4v) is 5.36. The van der Waals surface area contributed by atoms with Gasteiger partial charge in [-0.2, -0.15) is 0 Å². The number of amides is 2. The van der Waals surface area contributed by atoms with Gasteiger partial charge in [0.1, 0.15) is 6.54 Å². The number of rotatable bonds is 9. The molecule has 10 nitrogen and oxygen atoms in total. The zero-order valence-corrected chi connectivity index (χ0v) is 20.1. The number of nitro benzene ring substituents is 1. The Morgan fingerprint density at radius 3 is 2.39 bits per heavy atom. The van der Waals surface area contributed by atoms with Crippen molar-refractivity contribution in [3.8, 4) is 0 Å². The molecule has 1 heterocycles. The molecule has 1 fully saturated rings. The van der Waals surface area contributed by atoms with Gasteiger partial charge < -0.3 is 10.2 Å². The number of benzene rings is 3. The Morgan fingerprint density at radius 2 is 1.75 bits per heavy atom. The van der Waals surface area contributed by atoms with Crippen LogP contribution in [0.25, 0.3) is 0 Å². The Hall–Kier alpha value is -4.25. The summed E-state index contributed by atoms with van der Waals surface area (Å²) in [7, 11) is -4.13. The minimum atomic E-state index is -4.13. The van der Waals surface area contributed by atoms with Crippen LogP contribution in [-0.4, -0.2) is 38.2 Å². The second kappa shape index (κ2) is 10.6. The van der Waals surface area contributed by atoms with E-state index in [0.717, 1.165) is 22.0 Å². The van der Waals surface area contributed by atoms with E-state index < -0.39 is 27.4 Å². The Morgan fingerprint density at radius 1 is 1.03 bits per heavy atom. The molecule has 0 bridgehead atoms. The van der Waals surface area contributed by atoms with Gasteiger partial charge in [0.15, 0.2) is 0 Å². The van der Waals surface area contributed by atoms with Gasteiger partial charge in [-0.05, 0) is 48.4 Å². The summed E-state index contributed by atoms with van der Waals surface area (Å²) < 4.78 is 27.6. The fraction of sp³-hybridized carbons (Fsp3) is 0.200. The van der Waals surface area contributed by atoms with Crippen molar-refractivity contribution in [1.82, 2.24) is 5.32 Å². The summed E-state index contributed by atoms with van der Waals surface area (Å²) in [6, 6.07) is 19.8. The molecule has 1 aliphatic rings. The molecule has 36 heavy (non-hydrogen) atoms. The van der Waals surface area contributed by atoms with Gasteiger partial charge in [0.25, 0.3) is 15.7 Å². The summed E-state index contributed by atoms with van der Waals surface area (Å²) >= 11 is 0. The Kier molecular flexibility index (Phi) is 7.30. The average Bonchev–Trinajstić information content (AvgIpc) is 3.32. The molecule has 11 heteroatoms. The highest BCUT2D eigenvalue weighted by molar-refractivity contribution is 7.92. The molecule has 4 rings (SSSR count). The van der Waals surface area contributed by atoms with E-state index in [2.05, 4.69) is 5.32 Å². The second-order valence-corrected chi connectivity index (χ2v) is 10.1. The molecular formula is C25H24N4O6S. The highest BCUT2D eigenvalue weighted by atomic mass is 32.2. The Balaban J connectivity index is 1.52. The number of hydrogen-bond acceptors (Lipinski definition) is 6. The highest BCUT2D eigenvalue weighted by Crippen LogP contribution is 2.26. The van der Waals surface area contributed by atoms with Gasteiger partial charge in [0.2, 0.25) is 11.8 Å². The van der Waals surface area contributed by atoms with Crippen molar-refractivity contribution in [2.75, 3.05) is 22.3 Å². The lowest BCUT2D eigenvalue weighted by Gasteiger charge is -2.24. The van der Waals surface area contributed by atoms with Crippen LogP contribution >= 0.6 is 0 Å². The molecular weight excluding hydrogens is 484 g/mol. The number of carbonyl (C=O) groups is 2. The van der Waals surface area contributed by atoms with Gasteiger partial charge in [-0.1, -0.05) is 30.3 Å². The summed E-state index contributed by atoms with van der Waals surface area (Å²) in [5.41, 5.74) is 1.43. The molecule has 0 unspecified atom stereocenters. The van der Waals surface area contributed by atoms with Crippen LogP contribution in [0, 0.1) is 10.1 Å². The Bertz CT molecular complexity index is 1380. The summed E-state index contributed by atoms with van der Waals surface area (Å²) in [4.78, 5) is 37.0. The average molecular weight is 509 g/mol. The number of sulfonamides is 1. The molecule has 0 saturated carbocycles. The first-order valence-electron chi connectivity index (χ1n) is 11.2. The van der Waals surface area contributed by atoms with Crippen molar-refractivity contribution in [3.05, 3.63) is 94.5 Å². The van der Waals surface area contributed by atoms with E-state index in [4.69, 9.17) is 0 Å². The largest absolute Gasteiger partial charge is 0.350 e. The maximum absolute atomic E-state index is 13.4. The van der Waals surface area contributed by atoms with Crippen molar-refractivity contribution < 1.29 is 22.9 Å². The van der Waals surface area contributed by atoms with E-state index in [1.807, 2.05) is 12.1 Å². The second-order valence-electron chi connectivity index (χ2n) is 8.19. The molecule has 0 radical (unpaired) electrons. The number of hydrogen-bond donors (Lipinski definition) is 1. The maximum Gasteiger partial charge on any atom is 0.269 e. The quantitative estimate of drug-likeness (QED) is 0.349. The van der Waals surface area contributed by atoms with Crippen LogP contribution in [0.3, 0.4) is 0 Å². The number of anilines is 2. The molecule has 1 aliphatic heterocycles. The first-order chi connectivity index (χ1) is 17.3. The first kappa shape index (κ1) is 24.9. The molecule has 3 aromatic carbocycles. The lowest BCUT2D eigenvalue weighted by Crippen LogP contribution is -2.40. The molecule has 0 spiro atoms. The molecule has 3 aromatic rings. The summed E-state index contributed by atoms with van der Waals surface area (Å²) in [5, 5.41) is 13.7. The number of nitrogens with one attached hydrogen (secondary N) is 1. The van der Waals surface area contributed by atoms with Crippen LogP contribution in [0.15, 0.2) is 83.8 Å². The van der Waals surface area contributed by atoms with E-state index in [0.29, 0.717) is 13.0 Å². The van der Waals surface area contributed by atoms with Crippen LogP contribution in [0.4, 0.5) is 17.1 Å². The SMILES string of the molecule is O=C(CN(c1ccc([N+](=O)[O-])cc1)S(=O)(=O)c1ccccc1)NCc1cccc(N2CCCC2=O)c1. The number of nitro groups is 1.